The van der Waals surface area contributed by atoms with Crippen molar-refractivity contribution in [3.05, 3.63) is 131 Å². The van der Waals surface area contributed by atoms with Crippen molar-refractivity contribution < 1.29 is 35.6 Å². The molecule has 13 heteroatoms. The van der Waals surface area contributed by atoms with E-state index in [-0.39, 0.29) is 16.9 Å². The Hall–Kier alpha value is -4.42. The van der Waals surface area contributed by atoms with Crippen LogP contribution in [0, 0.1) is 5.82 Å². The fraction of sp³-hybridized carbons (Fsp3) is 0.188. The first-order valence-electron chi connectivity index (χ1n) is 13.6. The van der Waals surface area contributed by atoms with Crippen LogP contribution >= 0.6 is 11.6 Å². The van der Waals surface area contributed by atoms with Crippen LogP contribution in [-0.2, 0) is 38.8 Å². The van der Waals surface area contributed by atoms with E-state index < -0.39 is 69.2 Å². The van der Waals surface area contributed by atoms with E-state index in [1.54, 1.807) is 36.4 Å². The molecule has 2 amide bonds. The Balaban J connectivity index is 1.85. The largest absolute Gasteiger partial charge is 0.417 e. The highest BCUT2D eigenvalue weighted by molar-refractivity contribution is 7.92. The number of benzene rings is 4. The number of hydrogen-bond acceptors (Lipinski definition) is 4. The van der Waals surface area contributed by atoms with Gasteiger partial charge in [-0.25, -0.2) is 12.8 Å². The highest BCUT2D eigenvalue weighted by atomic mass is 35.5. The molecule has 236 valence electrons. The molecule has 7 nitrogen and oxygen atoms in total. The number of sulfonamides is 1. The molecular weight excluding hydrogens is 634 g/mol. The summed E-state index contributed by atoms with van der Waals surface area (Å²) in [5.41, 5.74) is -1.11. The molecule has 1 N–H and O–H groups in total. The molecular formula is C32H28ClF4N3O4S. The van der Waals surface area contributed by atoms with Crippen LogP contribution in [0.1, 0.15) is 16.7 Å². The molecule has 0 fully saturated rings. The van der Waals surface area contributed by atoms with Gasteiger partial charge in [0, 0.05) is 25.6 Å². The van der Waals surface area contributed by atoms with Gasteiger partial charge in [0.25, 0.3) is 10.0 Å². The van der Waals surface area contributed by atoms with Crippen LogP contribution in [0.3, 0.4) is 0 Å². The summed E-state index contributed by atoms with van der Waals surface area (Å²) in [7, 11) is -3.30. The zero-order valence-electron chi connectivity index (χ0n) is 23.8. The fourth-order valence-electron chi connectivity index (χ4n) is 4.66. The van der Waals surface area contributed by atoms with Crippen LogP contribution in [0.15, 0.2) is 108 Å². The summed E-state index contributed by atoms with van der Waals surface area (Å²) in [6.45, 7) is -1.46. The average Bonchev–Trinajstić information content (AvgIpc) is 3.02. The number of nitrogens with one attached hydrogen (secondary N) is 1. The molecule has 0 saturated carbocycles. The quantitative estimate of drug-likeness (QED) is 0.198. The summed E-state index contributed by atoms with van der Waals surface area (Å²) in [5.74, 6) is -2.26. The molecule has 0 heterocycles. The molecule has 0 aromatic heterocycles. The summed E-state index contributed by atoms with van der Waals surface area (Å²) in [5, 5.41) is 1.83. The van der Waals surface area contributed by atoms with E-state index in [9.17, 15) is 35.6 Å². The van der Waals surface area contributed by atoms with Crippen LogP contribution in [0.4, 0.5) is 23.2 Å². The maximum Gasteiger partial charge on any atom is 0.417 e. The van der Waals surface area contributed by atoms with Gasteiger partial charge in [-0.3, -0.25) is 13.9 Å². The number of likely N-dealkylation sites (N-methyl/N-ethyl adjacent to an activating group) is 1. The van der Waals surface area contributed by atoms with Crippen molar-refractivity contribution in [2.24, 2.45) is 0 Å². The van der Waals surface area contributed by atoms with Gasteiger partial charge in [-0.15, -0.1) is 0 Å². The van der Waals surface area contributed by atoms with Gasteiger partial charge in [0.15, 0.2) is 0 Å². The smallest absolute Gasteiger partial charge is 0.357 e. The molecule has 0 aliphatic carbocycles. The normalized spacial score (nSPS) is 12.3. The number of carbonyl (C=O) groups is 2. The molecule has 0 aliphatic rings. The molecule has 4 aromatic carbocycles. The lowest BCUT2D eigenvalue weighted by atomic mass is 10.0. The molecule has 4 aromatic rings. The number of anilines is 1. The molecule has 0 saturated heterocycles. The van der Waals surface area contributed by atoms with Gasteiger partial charge in [0.1, 0.15) is 18.4 Å². The number of hydrogen-bond donors (Lipinski definition) is 1. The second-order valence-corrected chi connectivity index (χ2v) is 12.2. The second kappa shape index (κ2) is 14.1. The fourth-order valence-corrected chi connectivity index (χ4v) is 6.32. The van der Waals surface area contributed by atoms with Gasteiger partial charge in [-0.2, -0.15) is 13.2 Å². The van der Waals surface area contributed by atoms with Crippen molar-refractivity contribution in [3.63, 3.8) is 0 Å². The van der Waals surface area contributed by atoms with Gasteiger partial charge in [0.05, 0.1) is 21.2 Å². The third-order valence-electron chi connectivity index (χ3n) is 6.97. The number of nitrogens with zero attached hydrogens (tertiary/aromatic N) is 2. The van der Waals surface area contributed by atoms with E-state index in [4.69, 9.17) is 11.6 Å². The van der Waals surface area contributed by atoms with Gasteiger partial charge in [-0.1, -0.05) is 78.3 Å². The monoisotopic (exact) mass is 661 g/mol. The molecule has 0 aliphatic heterocycles. The van der Waals surface area contributed by atoms with Gasteiger partial charge in [-0.05, 0) is 42.0 Å². The van der Waals surface area contributed by atoms with Crippen molar-refractivity contribution in [1.82, 2.24) is 10.2 Å². The number of alkyl halides is 3. The second-order valence-electron chi connectivity index (χ2n) is 9.92. The predicted octanol–water partition coefficient (Wildman–Crippen LogP) is 6.08. The summed E-state index contributed by atoms with van der Waals surface area (Å²) in [6.07, 6.45) is -4.96. The zero-order chi connectivity index (χ0) is 32.8. The maximum atomic E-state index is 14.9. The molecule has 45 heavy (non-hydrogen) atoms. The average molecular weight is 662 g/mol. The molecule has 0 bridgehead atoms. The van der Waals surface area contributed by atoms with Crippen LogP contribution < -0.4 is 9.62 Å². The van der Waals surface area contributed by atoms with Crippen LogP contribution in [-0.4, -0.2) is 44.8 Å². The van der Waals surface area contributed by atoms with Gasteiger partial charge < -0.3 is 10.2 Å². The van der Waals surface area contributed by atoms with Gasteiger partial charge in [0.2, 0.25) is 11.8 Å². The number of rotatable bonds is 11. The maximum absolute atomic E-state index is 14.9. The Bertz CT molecular complexity index is 1760. The first kappa shape index (κ1) is 33.5. The van der Waals surface area contributed by atoms with E-state index in [2.05, 4.69) is 5.32 Å². The highest BCUT2D eigenvalue weighted by Gasteiger charge is 2.37. The van der Waals surface area contributed by atoms with Crippen molar-refractivity contribution in [2.45, 2.75) is 30.1 Å². The van der Waals surface area contributed by atoms with Crippen molar-refractivity contribution in [1.29, 1.82) is 0 Å². The minimum Gasteiger partial charge on any atom is -0.357 e. The molecule has 4 rings (SSSR count). The van der Waals surface area contributed by atoms with Crippen LogP contribution in [0.5, 0.6) is 0 Å². The van der Waals surface area contributed by atoms with E-state index >= 15 is 0 Å². The summed E-state index contributed by atoms with van der Waals surface area (Å²) >= 11 is 5.80. The van der Waals surface area contributed by atoms with Crippen LogP contribution in [0.2, 0.25) is 5.02 Å². The van der Waals surface area contributed by atoms with Crippen molar-refractivity contribution in [2.75, 3.05) is 17.9 Å². The first-order valence-corrected chi connectivity index (χ1v) is 15.4. The topological polar surface area (TPSA) is 86.8 Å². The first-order chi connectivity index (χ1) is 21.3. The lowest BCUT2D eigenvalue weighted by molar-refractivity contribution is -0.139. The standard InChI is InChI=1S/C32H28ClF4N3O4S/c1-38-31(42)29(18-22-10-4-2-5-11-22)39(20-23-12-8-9-15-28(23)34)30(41)21-40(45(43,44)25-13-6-3-7-14-25)24-16-17-27(33)26(19-24)32(35,36)37/h2-17,19,29H,18,20-21H2,1H3,(H,38,42)/t29-/m0/s1. The molecule has 1 atom stereocenters. The Morgan fingerprint density at radius 1 is 0.889 bits per heavy atom. The summed E-state index contributed by atoms with van der Waals surface area (Å²) in [6, 6.07) is 22.3. The van der Waals surface area contributed by atoms with E-state index in [1.165, 1.54) is 55.6 Å². The Morgan fingerprint density at radius 2 is 1.49 bits per heavy atom. The SMILES string of the molecule is CNC(=O)[C@H](Cc1ccccc1)N(Cc1ccccc1F)C(=O)CN(c1ccc(Cl)c(C(F)(F)F)c1)S(=O)(=O)c1ccccc1. The van der Waals surface area contributed by atoms with E-state index in [1.807, 2.05) is 0 Å². The van der Waals surface area contributed by atoms with Crippen LogP contribution in [0.25, 0.3) is 0 Å². The number of amides is 2. The Labute approximate surface area is 263 Å². The van der Waals surface area contributed by atoms with E-state index in [0.29, 0.717) is 15.9 Å². The minimum atomic E-state index is -4.93. The highest BCUT2D eigenvalue weighted by Crippen LogP contribution is 2.38. The van der Waals surface area contributed by atoms with E-state index in [0.717, 1.165) is 17.0 Å². The summed E-state index contributed by atoms with van der Waals surface area (Å²) in [4.78, 5) is 28.2. The third kappa shape index (κ3) is 8.00. The third-order valence-corrected chi connectivity index (χ3v) is 9.09. The number of carbonyl (C=O) groups excluding carboxylic acids is 2. The molecule has 0 unspecified atom stereocenters. The lowest BCUT2D eigenvalue weighted by Gasteiger charge is -2.33. The Kier molecular flexibility index (Phi) is 10.5. The van der Waals surface area contributed by atoms with Crippen molar-refractivity contribution in [3.8, 4) is 0 Å². The Morgan fingerprint density at radius 3 is 2.09 bits per heavy atom. The molecule has 0 radical (unpaired) electrons. The van der Waals surface area contributed by atoms with Crippen molar-refractivity contribution >= 4 is 39.1 Å². The lowest BCUT2D eigenvalue weighted by Crippen LogP contribution is -2.53. The molecule has 0 spiro atoms. The number of halogens is 5. The summed E-state index contributed by atoms with van der Waals surface area (Å²) < 4.78 is 84.6. The zero-order valence-corrected chi connectivity index (χ0v) is 25.4. The predicted molar refractivity (Wildman–Crippen MR) is 162 cm³/mol. The van der Waals surface area contributed by atoms with Gasteiger partial charge >= 0.3 is 6.18 Å². The minimum absolute atomic E-state index is 0.0225.